The van der Waals surface area contributed by atoms with Crippen molar-refractivity contribution >= 4 is 16.7 Å². The molecule has 2 nitrogen and oxygen atoms in total. The van der Waals surface area contributed by atoms with E-state index in [-0.39, 0.29) is 5.78 Å². The van der Waals surface area contributed by atoms with E-state index in [0.29, 0.717) is 0 Å². The average molecular weight is 201 g/mol. The van der Waals surface area contributed by atoms with Gasteiger partial charge in [0, 0.05) is 23.7 Å². The summed E-state index contributed by atoms with van der Waals surface area (Å²) in [6.07, 6.45) is 1.96. The number of carbonyl (C=O) groups is 1. The van der Waals surface area contributed by atoms with Crippen molar-refractivity contribution in [3.05, 3.63) is 35.5 Å². The maximum Gasteiger partial charge on any atom is 0.161 e. The number of para-hydroxylation sites is 1. The second kappa shape index (κ2) is 3.54. The van der Waals surface area contributed by atoms with Crippen LogP contribution in [0.3, 0.4) is 0 Å². The van der Waals surface area contributed by atoms with Gasteiger partial charge in [0.1, 0.15) is 0 Å². The molecule has 0 saturated heterocycles. The fraction of sp³-hybridized carbons (Fsp3) is 0.308. The molecular formula is C13H15NO. The summed E-state index contributed by atoms with van der Waals surface area (Å²) < 4.78 is 2.14. The second-order valence-corrected chi connectivity index (χ2v) is 3.86. The zero-order chi connectivity index (χ0) is 11.0. The minimum atomic E-state index is 0.137. The highest BCUT2D eigenvalue weighted by Crippen LogP contribution is 2.24. The molecule has 1 aromatic heterocycles. The first kappa shape index (κ1) is 9.97. The lowest BCUT2D eigenvalue weighted by Crippen LogP contribution is -1.92. The second-order valence-electron chi connectivity index (χ2n) is 3.86. The summed E-state index contributed by atoms with van der Waals surface area (Å²) in [6, 6.07) is 6.10. The molecule has 1 heterocycles. The molecule has 0 N–H and O–H groups in total. The summed E-state index contributed by atoms with van der Waals surface area (Å²) in [5.41, 5.74) is 3.24. The van der Waals surface area contributed by atoms with Gasteiger partial charge in [0.05, 0.1) is 5.52 Å². The van der Waals surface area contributed by atoms with E-state index >= 15 is 0 Å². The lowest BCUT2D eigenvalue weighted by Gasteiger charge is -2.02. The monoisotopic (exact) mass is 201 g/mol. The molecule has 0 saturated carbocycles. The van der Waals surface area contributed by atoms with Gasteiger partial charge in [-0.15, -0.1) is 0 Å². The Hall–Kier alpha value is -1.57. The Labute approximate surface area is 89.5 Å². The van der Waals surface area contributed by atoms with Crippen LogP contribution in [-0.2, 0) is 6.54 Å². The van der Waals surface area contributed by atoms with Gasteiger partial charge in [0.2, 0.25) is 0 Å². The van der Waals surface area contributed by atoms with Crippen LogP contribution >= 0.6 is 0 Å². The predicted octanol–water partition coefficient (Wildman–Crippen LogP) is 3.17. The normalized spacial score (nSPS) is 10.9. The Morgan fingerprint density at radius 2 is 2.13 bits per heavy atom. The number of Topliss-reactive ketones (excluding diaryl/α,β-unsaturated/α-hetero) is 1. The van der Waals surface area contributed by atoms with Crippen molar-refractivity contribution < 1.29 is 4.79 Å². The van der Waals surface area contributed by atoms with Crippen molar-refractivity contribution in [2.45, 2.75) is 27.3 Å². The first-order valence-corrected chi connectivity index (χ1v) is 5.24. The summed E-state index contributed by atoms with van der Waals surface area (Å²) in [6.45, 7) is 6.69. The molecule has 2 aromatic rings. The molecule has 0 aliphatic rings. The van der Waals surface area contributed by atoms with E-state index in [9.17, 15) is 4.79 Å². The van der Waals surface area contributed by atoms with E-state index in [1.54, 1.807) is 6.92 Å². The smallest absolute Gasteiger partial charge is 0.161 e. The van der Waals surface area contributed by atoms with Crippen molar-refractivity contribution in [1.82, 2.24) is 4.57 Å². The third kappa shape index (κ3) is 1.46. The van der Waals surface area contributed by atoms with Gasteiger partial charge in [-0.1, -0.05) is 18.2 Å². The maximum absolute atomic E-state index is 11.5. The maximum atomic E-state index is 11.5. The molecule has 0 spiro atoms. The van der Waals surface area contributed by atoms with Gasteiger partial charge in [0.25, 0.3) is 0 Å². The summed E-state index contributed by atoms with van der Waals surface area (Å²) >= 11 is 0. The van der Waals surface area contributed by atoms with Crippen molar-refractivity contribution in [1.29, 1.82) is 0 Å². The minimum Gasteiger partial charge on any atom is -0.347 e. The highest BCUT2D eigenvalue weighted by atomic mass is 16.1. The van der Waals surface area contributed by atoms with E-state index in [2.05, 4.69) is 24.5 Å². The number of nitrogens with zero attached hydrogens (tertiary/aromatic N) is 1. The number of benzene rings is 1. The fourth-order valence-electron chi connectivity index (χ4n) is 2.08. The molecule has 78 valence electrons. The van der Waals surface area contributed by atoms with Gasteiger partial charge >= 0.3 is 0 Å². The van der Waals surface area contributed by atoms with Gasteiger partial charge in [-0.2, -0.15) is 0 Å². The van der Waals surface area contributed by atoms with Gasteiger partial charge in [0.15, 0.2) is 5.78 Å². The minimum absolute atomic E-state index is 0.137. The molecule has 0 unspecified atom stereocenters. The van der Waals surface area contributed by atoms with Crippen LogP contribution < -0.4 is 0 Å². The van der Waals surface area contributed by atoms with Gasteiger partial charge < -0.3 is 4.57 Å². The number of aryl methyl sites for hydroxylation is 2. The van der Waals surface area contributed by atoms with E-state index in [1.807, 2.05) is 18.3 Å². The quantitative estimate of drug-likeness (QED) is 0.684. The molecule has 0 atom stereocenters. The Morgan fingerprint density at radius 1 is 1.40 bits per heavy atom. The van der Waals surface area contributed by atoms with E-state index in [0.717, 1.165) is 17.5 Å². The first-order chi connectivity index (χ1) is 7.15. The molecule has 15 heavy (non-hydrogen) atoms. The summed E-state index contributed by atoms with van der Waals surface area (Å²) in [4.78, 5) is 11.5. The number of hydrogen-bond donors (Lipinski definition) is 0. The number of fused-ring (bicyclic) bond motifs is 1. The Morgan fingerprint density at radius 3 is 2.73 bits per heavy atom. The molecule has 1 aromatic carbocycles. The summed E-state index contributed by atoms with van der Waals surface area (Å²) in [7, 11) is 0. The van der Waals surface area contributed by atoms with Crippen LogP contribution in [-0.4, -0.2) is 10.4 Å². The first-order valence-electron chi connectivity index (χ1n) is 5.24. The van der Waals surface area contributed by atoms with Gasteiger partial charge in [-0.05, 0) is 26.3 Å². The largest absolute Gasteiger partial charge is 0.347 e. The zero-order valence-electron chi connectivity index (χ0n) is 9.37. The standard InChI is InChI=1S/C13H15NO/c1-4-14-8-12(10(3)15)11-7-5-6-9(2)13(11)14/h5-8H,4H2,1-3H3. The summed E-state index contributed by atoms with van der Waals surface area (Å²) in [5, 5.41) is 1.07. The average Bonchev–Trinajstić information content (AvgIpc) is 2.58. The third-order valence-corrected chi connectivity index (χ3v) is 2.82. The zero-order valence-corrected chi connectivity index (χ0v) is 9.37. The highest BCUT2D eigenvalue weighted by Gasteiger charge is 2.11. The van der Waals surface area contributed by atoms with Crippen LogP contribution in [0.5, 0.6) is 0 Å². The van der Waals surface area contributed by atoms with Crippen LogP contribution in [0.15, 0.2) is 24.4 Å². The Bertz CT molecular complexity index is 523. The van der Waals surface area contributed by atoms with Gasteiger partial charge in [-0.3, -0.25) is 4.79 Å². The van der Waals surface area contributed by atoms with Crippen molar-refractivity contribution in [2.75, 3.05) is 0 Å². The summed E-state index contributed by atoms with van der Waals surface area (Å²) in [5.74, 6) is 0.137. The number of hydrogen-bond acceptors (Lipinski definition) is 1. The third-order valence-electron chi connectivity index (χ3n) is 2.82. The molecule has 0 aliphatic heterocycles. The molecule has 0 radical (unpaired) electrons. The fourth-order valence-corrected chi connectivity index (χ4v) is 2.08. The van der Waals surface area contributed by atoms with Gasteiger partial charge in [-0.25, -0.2) is 0 Å². The SMILES string of the molecule is CCn1cc(C(C)=O)c2cccc(C)c21. The molecule has 0 aliphatic carbocycles. The predicted molar refractivity (Wildman–Crippen MR) is 62.4 cm³/mol. The van der Waals surface area contributed by atoms with E-state index < -0.39 is 0 Å². The molecule has 0 bridgehead atoms. The number of carbonyl (C=O) groups excluding carboxylic acids is 1. The van der Waals surface area contributed by atoms with Crippen LogP contribution in [0, 0.1) is 6.92 Å². The molecule has 0 fully saturated rings. The highest BCUT2D eigenvalue weighted by molar-refractivity contribution is 6.07. The van der Waals surface area contributed by atoms with E-state index in [4.69, 9.17) is 0 Å². The van der Waals surface area contributed by atoms with E-state index in [1.165, 1.54) is 11.1 Å². The molecule has 2 rings (SSSR count). The molecular weight excluding hydrogens is 186 g/mol. The van der Waals surface area contributed by atoms with Crippen LogP contribution in [0.4, 0.5) is 0 Å². The number of aromatic nitrogens is 1. The Kier molecular flexibility index (Phi) is 2.35. The van der Waals surface area contributed by atoms with Crippen molar-refractivity contribution in [3.63, 3.8) is 0 Å². The van der Waals surface area contributed by atoms with Crippen LogP contribution in [0.25, 0.3) is 10.9 Å². The van der Waals surface area contributed by atoms with Crippen molar-refractivity contribution in [3.8, 4) is 0 Å². The lowest BCUT2D eigenvalue weighted by molar-refractivity contribution is 0.101. The number of rotatable bonds is 2. The molecule has 2 heteroatoms. The van der Waals surface area contributed by atoms with Crippen LogP contribution in [0.2, 0.25) is 0 Å². The van der Waals surface area contributed by atoms with Crippen molar-refractivity contribution in [2.24, 2.45) is 0 Å². The van der Waals surface area contributed by atoms with Crippen LogP contribution in [0.1, 0.15) is 29.8 Å². The topological polar surface area (TPSA) is 22.0 Å². The number of ketones is 1. The Balaban J connectivity index is 2.87. The lowest BCUT2D eigenvalue weighted by atomic mass is 10.1. The molecule has 0 amide bonds.